The largest absolute Gasteiger partial charge is 0.481 e. The molecule has 0 heterocycles. The molecule has 0 radical (unpaired) electrons. The van der Waals surface area contributed by atoms with Gasteiger partial charge in [0.2, 0.25) is 8.32 Å². The van der Waals surface area contributed by atoms with Gasteiger partial charge in [-0.25, -0.2) is 0 Å². The Morgan fingerprint density at radius 3 is 1.59 bits per heavy atom. The number of carboxylic acids is 1. The molecule has 0 aliphatic carbocycles. The van der Waals surface area contributed by atoms with E-state index in [9.17, 15) is 4.79 Å². The maximum absolute atomic E-state index is 10.7. The highest BCUT2D eigenvalue weighted by Gasteiger charge is 2.46. The molecule has 0 saturated carbocycles. The van der Waals surface area contributed by atoms with Crippen molar-refractivity contribution in [2.75, 3.05) is 0 Å². The molecule has 4 heteroatoms. The van der Waals surface area contributed by atoms with Crippen molar-refractivity contribution in [2.24, 2.45) is 0 Å². The van der Waals surface area contributed by atoms with Crippen LogP contribution in [0.2, 0.25) is 16.6 Å². The Morgan fingerprint density at radius 1 is 1.00 bits per heavy atom. The van der Waals surface area contributed by atoms with Gasteiger partial charge in [-0.3, -0.25) is 4.79 Å². The maximum Gasteiger partial charge on any atom is 0.305 e. The monoisotopic (exact) mass is 260 g/mol. The number of carbonyl (C=O) groups is 1. The summed E-state index contributed by atoms with van der Waals surface area (Å²) in [6.45, 7) is 15.1. The average molecular weight is 260 g/mol. The van der Waals surface area contributed by atoms with Gasteiger partial charge < -0.3 is 9.53 Å². The van der Waals surface area contributed by atoms with E-state index in [1.165, 1.54) is 0 Å². The van der Waals surface area contributed by atoms with Gasteiger partial charge in [-0.2, -0.15) is 0 Å². The van der Waals surface area contributed by atoms with Crippen LogP contribution in [0.3, 0.4) is 0 Å². The van der Waals surface area contributed by atoms with Gasteiger partial charge in [-0.15, -0.1) is 0 Å². The van der Waals surface area contributed by atoms with E-state index in [2.05, 4.69) is 41.5 Å². The first-order valence-corrected chi connectivity index (χ1v) is 8.68. The van der Waals surface area contributed by atoms with Crippen molar-refractivity contribution < 1.29 is 14.3 Å². The number of hydrogen-bond donors (Lipinski definition) is 1. The third-order valence-electron chi connectivity index (χ3n) is 3.57. The summed E-state index contributed by atoms with van der Waals surface area (Å²) in [4.78, 5) is 10.7. The second kappa shape index (κ2) is 6.54. The van der Waals surface area contributed by atoms with E-state index in [1.807, 2.05) is 6.92 Å². The van der Waals surface area contributed by atoms with Crippen LogP contribution in [-0.2, 0) is 9.22 Å². The lowest BCUT2D eigenvalue weighted by Gasteiger charge is -2.43. The molecule has 0 amide bonds. The van der Waals surface area contributed by atoms with Crippen LogP contribution >= 0.6 is 0 Å². The summed E-state index contributed by atoms with van der Waals surface area (Å²) in [6.07, 6.45) is -0.0904. The molecule has 1 atom stereocenters. The van der Waals surface area contributed by atoms with E-state index in [-0.39, 0.29) is 12.5 Å². The van der Waals surface area contributed by atoms with Gasteiger partial charge in [0.1, 0.15) is 0 Å². The maximum atomic E-state index is 10.7. The summed E-state index contributed by atoms with van der Waals surface area (Å²) in [5, 5.41) is 8.83. The first-order chi connectivity index (χ1) is 7.64. The lowest BCUT2D eigenvalue weighted by atomic mass is 10.3. The number of rotatable bonds is 7. The second-order valence-electron chi connectivity index (χ2n) is 5.84. The molecule has 0 bridgehead atoms. The van der Waals surface area contributed by atoms with Gasteiger partial charge in [0.25, 0.3) is 0 Å². The summed E-state index contributed by atoms with van der Waals surface area (Å²) in [7, 11) is -1.92. The quantitative estimate of drug-likeness (QED) is 0.703. The smallest absolute Gasteiger partial charge is 0.305 e. The van der Waals surface area contributed by atoms with E-state index < -0.39 is 14.3 Å². The van der Waals surface area contributed by atoms with E-state index in [0.717, 1.165) is 0 Å². The van der Waals surface area contributed by atoms with Crippen LogP contribution in [-0.4, -0.2) is 25.5 Å². The molecular weight excluding hydrogens is 232 g/mol. The molecule has 0 rings (SSSR count). The minimum Gasteiger partial charge on any atom is -0.481 e. The highest BCUT2D eigenvalue weighted by molar-refractivity contribution is 6.77. The van der Waals surface area contributed by atoms with Crippen molar-refractivity contribution in [3.8, 4) is 0 Å². The van der Waals surface area contributed by atoms with Crippen LogP contribution in [0, 0.1) is 0 Å². The number of hydrogen-bond acceptors (Lipinski definition) is 2. The fraction of sp³-hybridized carbons (Fsp3) is 0.923. The van der Waals surface area contributed by atoms with Gasteiger partial charge in [0, 0.05) is 0 Å². The summed E-state index contributed by atoms with van der Waals surface area (Å²) in [5.74, 6) is -0.781. The predicted molar refractivity (Wildman–Crippen MR) is 73.8 cm³/mol. The molecule has 0 saturated heterocycles. The minimum absolute atomic E-state index is 0.0981. The molecule has 0 aromatic rings. The standard InChI is InChI=1S/C13H28O3Si/c1-9(2)17(10(3)4,11(5)6)16-12(7)8-13(14)15/h9-12H,8H2,1-7H3,(H,14,15). The molecule has 102 valence electrons. The van der Waals surface area contributed by atoms with Gasteiger partial charge in [0.15, 0.2) is 0 Å². The molecule has 0 aromatic carbocycles. The molecule has 1 unspecified atom stereocenters. The molecule has 0 fully saturated rings. The van der Waals surface area contributed by atoms with E-state index in [4.69, 9.17) is 9.53 Å². The Labute approximate surface area is 107 Å². The SMILES string of the molecule is CC(CC(=O)O)O[Si](C(C)C)(C(C)C)C(C)C. The molecule has 0 aliphatic heterocycles. The second-order valence-corrected chi connectivity index (χ2v) is 11.3. The third kappa shape index (κ3) is 4.10. The minimum atomic E-state index is -1.92. The highest BCUT2D eigenvalue weighted by atomic mass is 28.4. The van der Waals surface area contributed by atoms with E-state index >= 15 is 0 Å². The van der Waals surface area contributed by atoms with Crippen LogP contribution in [0.4, 0.5) is 0 Å². The van der Waals surface area contributed by atoms with Crippen molar-refractivity contribution in [3.05, 3.63) is 0 Å². The first-order valence-electron chi connectivity index (χ1n) is 6.54. The Hall–Kier alpha value is -0.353. The van der Waals surface area contributed by atoms with Crippen molar-refractivity contribution in [2.45, 2.75) is 77.6 Å². The van der Waals surface area contributed by atoms with Crippen LogP contribution < -0.4 is 0 Å². The first kappa shape index (κ1) is 16.6. The summed E-state index contributed by atoms with van der Waals surface area (Å²) < 4.78 is 6.29. The Balaban J connectivity index is 4.98. The zero-order valence-electron chi connectivity index (χ0n) is 12.3. The molecule has 0 aromatic heterocycles. The van der Waals surface area contributed by atoms with Crippen LogP contribution in [0.5, 0.6) is 0 Å². The van der Waals surface area contributed by atoms with Crippen LogP contribution in [0.1, 0.15) is 54.9 Å². The van der Waals surface area contributed by atoms with Crippen molar-refractivity contribution in [1.82, 2.24) is 0 Å². The fourth-order valence-electron chi connectivity index (χ4n) is 3.04. The van der Waals surface area contributed by atoms with Crippen molar-refractivity contribution in [3.63, 3.8) is 0 Å². The van der Waals surface area contributed by atoms with Gasteiger partial charge in [-0.05, 0) is 23.5 Å². The van der Waals surface area contributed by atoms with Gasteiger partial charge in [-0.1, -0.05) is 41.5 Å². The summed E-state index contributed by atoms with van der Waals surface area (Å²) in [6, 6.07) is 0. The fourth-order valence-corrected chi connectivity index (χ4v) is 8.64. The molecular formula is C13H28O3Si. The van der Waals surface area contributed by atoms with Crippen LogP contribution in [0.25, 0.3) is 0 Å². The molecule has 3 nitrogen and oxygen atoms in total. The van der Waals surface area contributed by atoms with E-state index in [1.54, 1.807) is 0 Å². The van der Waals surface area contributed by atoms with Crippen molar-refractivity contribution >= 4 is 14.3 Å². The molecule has 1 N–H and O–H groups in total. The van der Waals surface area contributed by atoms with Gasteiger partial charge in [0.05, 0.1) is 12.5 Å². The molecule has 0 spiro atoms. The summed E-state index contributed by atoms with van der Waals surface area (Å²) >= 11 is 0. The Bertz CT molecular complexity index is 227. The average Bonchev–Trinajstić information content (AvgIpc) is 2.10. The Kier molecular flexibility index (Phi) is 6.41. The lowest BCUT2D eigenvalue weighted by Crippen LogP contribution is -2.50. The molecule has 17 heavy (non-hydrogen) atoms. The van der Waals surface area contributed by atoms with Crippen molar-refractivity contribution in [1.29, 1.82) is 0 Å². The Morgan fingerprint density at radius 2 is 1.35 bits per heavy atom. The zero-order valence-corrected chi connectivity index (χ0v) is 13.3. The van der Waals surface area contributed by atoms with E-state index in [0.29, 0.717) is 16.6 Å². The predicted octanol–water partition coefficient (Wildman–Crippen LogP) is 4.04. The number of carboxylic acid groups (broad SMARTS) is 1. The summed E-state index contributed by atoms with van der Waals surface area (Å²) in [5.41, 5.74) is 1.50. The highest BCUT2D eigenvalue weighted by Crippen LogP contribution is 2.43. The topological polar surface area (TPSA) is 46.5 Å². The number of aliphatic carboxylic acids is 1. The molecule has 0 aliphatic rings. The third-order valence-corrected chi connectivity index (χ3v) is 9.80. The zero-order chi connectivity index (χ0) is 13.8. The lowest BCUT2D eigenvalue weighted by molar-refractivity contribution is -0.138. The van der Waals surface area contributed by atoms with Crippen LogP contribution in [0.15, 0.2) is 0 Å². The normalized spacial score (nSPS) is 14.7. The van der Waals surface area contributed by atoms with Gasteiger partial charge >= 0.3 is 5.97 Å².